The molecule has 0 atom stereocenters. The zero-order valence-electron chi connectivity index (χ0n) is 20.9. The Morgan fingerprint density at radius 1 is 1.03 bits per heavy atom. The number of benzene rings is 3. The minimum absolute atomic E-state index is 0.154. The molecule has 4 aromatic rings. The van der Waals surface area contributed by atoms with Gasteiger partial charge in [-0.25, -0.2) is 4.98 Å². The Hall–Kier alpha value is -3.44. The molecule has 2 heterocycles. The standard InChI is InChI=1S/C31H31FN2O2/c1-20-6-3-4-8-25(20)27-9-5-7-22-14-24(35-2)11-12-26(22)31(27)23-10-13-28-29(15-23)36-30(33-28)19-34-17-21(16-32)18-34/h3-4,6,8,10-15,21H,5,7,9,16-19H2,1-2H3. The van der Waals surface area contributed by atoms with E-state index in [1.54, 1.807) is 7.11 Å². The van der Waals surface area contributed by atoms with E-state index >= 15 is 0 Å². The zero-order chi connectivity index (χ0) is 24.6. The normalized spacial score (nSPS) is 16.6. The van der Waals surface area contributed by atoms with E-state index in [2.05, 4.69) is 72.5 Å². The van der Waals surface area contributed by atoms with E-state index in [9.17, 15) is 4.39 Å². The van der Waals surface area contributed by atoms with Gasteiger partial charge in [-0.3, -0.25) is 9.29 Å². The zero-order valence-corrected chi connectivity index (χ0v) is 20.9. The highest BCUT2D eigenvalue weighted by molar-refractivity contribution is 6.01. The lowest BCUT2D eigenvalue weighted by atomic mass is 9.86. The van der Waals surface area contributed by atoms with Crippen LogP contribution in [0.25, 0.3) is 22.2 Å². The number of ether oxygens (including phenoxy) is 1. The van der Waals surface area contributed by atoms with Crippen LogP contribution in [0.4, 0.5) is 4.39 Å². The Kier molecular flexibility index (Phi) is 6.10. The number of likely N-dealkylation sites (tertiary alicyclic amines) is 1. The lowest BCUT2D eigenvalue weighted by Crippen LogP contribution is -2.46. The van der Waals surface area contributed by atoms with E-state index in [-0.39, 0.29) is 12.6 Å². The van der Waals surface area contributed by atoms with Gasteiger partial charge < -0.3 is 9.15 Å². The smallest absolute Gasteiger partial charge is 0.209 e. The topological polar surface area (TPSA) is 38.5 Å². The minimum Gasteiger partial charge on any atom is -0.497 e. The molecule has 184 valence electrons. The fourth-order valence-corrected chi connectivity index (χ4v) is 5.69. The number of hydrogen-bond acceptors (Lipinski definition) is 4. The van der Waals surface area contributed by atoms with Crippen LogP contribution in [0, 0.1) is 12.8 Å². The highest BCUT2D eigenvalue weighted by Crippen LogP contribution is 2.42. The number of oxazole rings is 1. The molecule has 3 aromatic carbocycles. The number of hydrogen-bond donors (Lipinski definition) is 0. The minimum atomic E-state index is -0.251. The Morgan fingerprint density at radius 3 is 2.69 bits per heavy atom. The first kappa shape index (κ1) is 23.0. The van der Waals surface area contributed by atoms with Crippen LogP contribution in [0.3, 0.4) is 0 Å². The predicted octanol–water partition coefficient (Wildman–Crippen LogP) is 6.84. The van der Waals surface area contributed by atoms with Gasteiger partial charge in [0.15, 0.2) is 5.58 Å². The van der Waals surface area contributed by atoms with Gasteiger partial charge >= 0.3 is 0 Å². The molecule has 0 amide bonds. The van der Waals surface area contributed by atoms with Gasteiger partial charge in [-0.05, 0) is 89.4 Å². The van der Waals surface area contributed by atoms with E-state index in [1.165, 1.54) is 33.4 Å². The van der Waals surface area contributed by atoms with Crippen LogP contribution in [0.15, 0.2) is 65.1 Å². The van der Waals surface area contributed by atoms with Gasteiger partial charge in [0.1, 0.15) is 11.3 Å². The van der Waals surface area contributed by atoms with Crippen LogP contribution >= 0.6 is 0 Å². The quantitative estimate of drug-likeness (QED) is 0.302. The van der Waals surface area contributed by atoms with Crippen molar-refractivity contribution in [1.29, 1.82) is 0 Å². The molecule has 1 fully saturated rings. The van der Waals surface area contributed by atoms with Gasteiger partial charge in [-0.1, -0.05) is 36.4 Å². The van der Waals surface area contributed by atoms with Crippen LogP contribution in [0.5, 0.6) is 5.75 Å². The number of aromatic nitrogens is 1. The molecule has 1 saturated heterocycles. The number of halogens is 1. The van der Waals surface area contributed by atoms with Gasteiger partial charge in [0, 0.05) is 19.0 Å². The van der Waals surface area contributed by atoms with E-state index in [1.807, 2.05) is 0 Å². The highest BCUT2D eigenvalue weighted by atomic mass is 19.1. The maximum Gasteiger partial charge on any atom is 0.209 e. The summed E-state index contributed by atoms with van der Waals surface area (Å²) in [4.78, 5) is 6.90. The number of alkyl halides is 1. The Labute approximate surface area is 211 Å². The Bertz CT molecular complexity index is 1450. The second-order valence-electron chi connectivity index (χ2n) is 10.0. The number of fused-ring (bicyclic) bond motifs is 2. The lowest BCUT2D eigenvalue weighted by Gasteiger charge is -2.36. The van der Waals surface area contributed by atoms with Crippen LogP contribution in [-0.2, 0) is 13.0 Å². The maximum absolute atomic E-state index is 12.8. The van der Waals surface area contributed by atoms with Crippen molar-refractivity contribution in [2.45, 2.75) is 32.7 Å². The van der Waals surface area contributed by atoms with Crippen molar-refractivity contribution in [1.82, 2.24) is 9.88 Å². The van der Waals surface area contributed by atoms with Gasteiger partial charge in [0.25, 0.3) is 0 Å². The summed E-state index contributed by atoms with van der Waals surface area (Å²) in [5, 5.41) is 0. The highest BCUT2D eigenvalue weighted by Gasteiger charge is 2.28. The summed E-state index contributed by atoms with van der Waals surface area (Å²) in [6.07, 6.45) is 3.09. The fraction of sp³-hybridized carbons (Fsp3) is 0.323. The maximum atomic E-state index is 12.8. The summed E-state index contributed by atoms with van der Waals surface area (Å²) in [6, 6.07) is 21.5. The molecular weight excluding hydrogens is 451 g/mol. The first-order chi connectivity index (χ1) is 17.6. The number of allylic oxidation sites excluding steroid dienone is 1. The Morgan fingerprint density at radius 2 is 1.89 bits per heavy atom. The molecule has 0 unspecified atom stereocenters. The third kappa shape index (κ3) is 4.22. The van der Waals surface area contributed by atoms with Crippen molar-refractivity contribution in [2.24, 2.45) is 5.92 Å². The molecule has 0 saturated carbocycles. The van der Waals surface area contributed by atoms with E-state index in [0.29, 0.717) is 12.4 Å². The molecule has 0 spiro atoms. The monoisotopic (exact) mass is 482 g/mol. The van der Waals surface area contributed by atoms with Crippen molar-refractivity contribution in [3.8, 4) is 5.75 Å². The van der Waals surface area contributed by atoms with Crippen molar-refractivity contribution >= 4 is 22.2 Å². The van der Waals surface area contributed by atoms with Crippen LogP contribution in [-0.4, -0.2) is 36.8 Å². The molecule has 0 radical (unpaired) electrons. The van der Waals surface area contributed by atoms with Gasteiger partial charge in [0.2, 0.25) is 5.89 Å². The molecule has 1 aliphatic carbocycles. The van der Waals surface area contributed by atoms with Crippen molar-refractivity contribution in [3.05, 3.63) is 94.4 Å². The number of nitrogens with zero attached hydrogens (tertiary/aromatic N) is 2. The number of methoxy groups -OCH3 is 1. The average molecular weight is 483 g/mol. The molecule has 0 N–H and O–H groups in total. The fourth-order valence-electron chi connectivity index (χ4n) is 5.69. The third-order valence-electron chi connectivity index (χ3n) is 7.56. The van der Waals surface area contributed by atoms with Gasteiger partial charge in [-0.15, -0.1) is 0 Å². The molecule has 6 rings (SSSR count). The molecular formula is C31H31FN2O2. The van der Waals surface area contributed by atoms with Gasteiger partial charge in [-0.2, -0.15) is 0 Å². The van der Waals surface area contributed by atoms with Crippen LogP contribution in [0.1, 0.15) is 46.5 Å². The molecule has 0 bridgehead atoms. The second-order valence-corrected chi connectivity index (χ2v) is 10.0. The summed E-state index contributed by atoms with van der Waals surface area (Å²) in [5.41, 5.74) is 10.6. The number of rotatable bonds is 6. The first-order valence-electron chi connectivity index (χ1n) is 12.8. The third-order valence-corrected chi connectivity index (χ3v) is 7.56. The summed E-state index contributed by atoms with van der Waals surface area (Å²) < 4.78 is 24.6. The van der Waals surface area contributed by atoms with Crippen molar-refractivity contribution in [2.75, 3.05) is 26.9 Å². The van der Waals surface area contributed by atoms with E-state index < -0.39 is 0 Å². The Balaban J connectivity index is 1.46. The van der Waals surface area contributed by atoms with Crippen LogP contribution < -0.4 is 4.74 Å². The van der Waals surface area contributed by atoms with Crippen molar-refractivity contribution < 1.29 is 13.5 Å². The average Bonchev–Trinajstić information content (AvgIpc) is 3.18. The molecule has 36 heavy (non-hydrogen) atoms. The summed E-state index contributed by atoms with van der Waals surface area (Å²) in [6.45, 7) is 4.11. The molecule has 1 aliphatic heterocycles. The summed E-state index contributed by atoms with van der Waals surface area (Å²) in [7, 11) is 1.72. The summed E-state index contributed by atoms with van der Waals surface area (Å²) >= 11 is 0. The van der Waals surface area contributed by atoms with Crippen LogP contribution in [0.2, 0.25) is 0 Å². The molecule has 1 aromatic heterocycles. The second kappa shape index (κ2) is 9.55. The van der Waals surface area contributed by atoms with E-state index in [0.717, 1.165) is 54.8 Å². The summed E-state index contributed by atoms with van der Waals surface area (Å²) in [5.74, 6) is 1.74. The largest absolute Gasteiger partial charge is 0.497 e. The molecule has 2 aliphatic rings. The SMILES string of the molecule is COc1ccc2c(c1)CCCC(c1ccccc1C)=C2c1ccc2nc(CN3CC(CF)C3)oc2c1. The number of aryl methyl sites for hydroxylation is 2. The molecule has 5 heteroatoms. The van der Waals surface area contributed by atoms with Crippen molar-refractivity contribution in [3.63, 3.8) is 0 Å². The predicted molar refractivity (Wildman–Crippen MR) is 142 cm³/mol. The van der Waals surface area contributed by atoms with Gasteiger partial charge in [0.05, 0.1) is 20.3 Å². The lowest BCUT2D eigenvalue weighted by molar-refractivity contribution is 0.0661. The molecule has 4 nitrogen and oxygen atoms in total. The van der Waals surface area contributed by atoms with E-state index in [4.69, 9.17) is 14.1 Å². The first-order valence-corrected chi connectivity index (χ1v) is 12.8.